The molecule has 0 saturated heterocycles. The van der Waals surface area contributed by atoms with Gasteiger partial charge in [0.2, 0.25) is 0 Å². The van der Waals surface area contributed by atoms with E-state index in [9.17, 15) is 4.39 Å². The Morgan fingerprint density at radius 2 is 1.81 bits per heavy atom. The van der Waals surface area contributed by atoms with E-state index in [1.807, 2.05) is 6.07 Å². The molecule has 3 rings (SSSR count). The zero-order valence-corrected chi connectivity index (χ0v) is 12.2. The zero-order chi connectivity index (χ0) is 15.0. The van der Waals surface area contributed by atoms with Crippen LogP contribution in [0.1, 0.15) is 0 Å². The van der Waals surface area contributed by atoms with E-state index in [1.165, 1.54) is 12.1 Å². The van der Waals surface area contributed by atoms with Gasteiger partial charge in [0.15, 0.2) is 0 Å². The lowest BCUT2D eigenvalue weighted by molar-refractivity contribution is 0.628. The first-order chi connectivity index (χ1) is 10.1. The van der Waals surface area contributed by atoms with E-state index in [-0.39, 0.29) is 10.0 Å². The van der Waals surface area contributed by atoms with Crippen molar-refractivity contribution < 1.29 is 4.39 Å². The first kappa shape index (κ1) is 13.9. The van der Waals surface area contributed by atoms with Crippen LogP contribution in [0.5, 0.6) is 0 Å². The van der Waals surface area contributed by atoms with Gasteiger partial charge in [0, 0.05) is 17.3 Å². The van der Waals surface area contributed by atoms with Crippen LogP contribution in [0.2, 0.25) is 10.0 Å². The van der Waals surface area contributed by atoms with Gasteiger partial charge in [0.1, 0.15) is 5.82 Å². The number of hydrogen-bond acceptors (Lipinski definition) is 3. The maximum absolute atomic E-state index is 13.2. The summed E-state index contributed by atoms with van der Waals surface area (Å²) in [6, 6.07) is 9.61. The van der Waals surface area contributed by atoms with Gasteiger partial charge in [-0.2, -0.15) is 0 Å². The standard InChI is InChI=1S/C15H10Cl2FN3/c16-10-6-8(18)7-11(17)15(10)21-13-4-3-12(19)9-2-1-5-20-14(9)13/h1-7,21H,19H2. The molecule has 1 heterocycles. The van der Waals surface area contributed by atoms with Gasteiger partial charge >= 0.3 is 0 Å². The molecule has 3 nitrogen and oxygen atoms in total. The summed E-state index contributed by atoms with van der Waals surface area (Å²) in [5.74, 6) is -0.490. The second kappa shape index (κ2) is 5.39. The number of pyridine rings is 1. The Bertz CT molecular complexity index is 813. The van der Waals surface area contributed by atoms with Crippen LogP contribution < -0.4 is 11.1 Å². The topological polar surface area (TPSA) is 50.9 Å². The molecule has 0 bridgehead atoms. The highest BCUT2D eigenvalue weighted by atomic mass is 35.5. The predicted octanol–water partition coefficient (Wildman–Crippen LogP) is 5.01. The Morgan fingerprint density at radius 3 is 2.52 bits per heavy atom. The van der Waals surface area contributed by atoms with Gasteiger partial charge in [-0.1, -0.05) is 23.2 Å². The van der Waals surface area contributed by atoms with Crippen LogP contribution in [0.4, 0.5) is 21.5 Å². The van der Waals surface area contributed by atoms with Crippen LogP contribution in [-0.2, 0) is 0 Å². The van der Waals surface area contributed by atoms with Crippen molar-refractivity contribution in [1.29, 1.82) is 0 Å². The lowest BCUT2D eigenvalue weighted by Crippen LogP contribution is -1.97. The fourth-order valence-corrected chi connectivity index (χ4v) is 2.65. The number of nitrogens with two attached hydrogens (primary N) is 1. The molecule has 1 aromatic heterocycles. The number of nitrogens with zero attached hydrogens (tertiary/aromatic N) is 1. The van der Waals surface area contributed by atoms with E-state index in [0.29, 0.717) is 22.6 Å². The van der Waals surface area contributed by atoms with E-state index in [0.717, 1.165) is 5.39 Å². The first-order valence-electron chi connectivity index (χ1n) is 6.11. The summed E-state index contributed by atoms with van der Waals surface area (Å²) in [5.41, 5.74) is 8.36. The van der Waals surface area contributed by atoms with E-state index in [1.54, 1.807) is 24.4 Å². The molecule has 0 amide bonds. The molecule has 0 aliphatic carbocycles. The van der Waals surface area contributed by atoms with Crippen molar-refractivity contribution >= 4 is 51.2 Å². The molecule has 3 aromatic rings. The Morgan fingerprint density at radius 1 is 1.10 bits per heavy atom. The van der Waals surface area contributed by atoms with Crippen LogP contribution in [-0.4, -0.2) is 4.98 Å². The van der Waals surface area contributed by atoms with Crippen molar-refractivity contribution in [2.45, 2.75) is 0 Å². The molecule has 0 atom stereocenters. The molecular formula is C15H10Cl2FN3. The summed E-state index contributed by atoms with van der Waals surface area (Å²) in [7, 11) is 0. The van der Waals surface area contributed by atoms with Crippen LogP contribution in [0.3, 0.4) is 0 Å². The molecule has 106 valence electrons. The number of benzene rings is 2. The Kier molecular flexibility index (Phi) is 3.57. The van der Waals surface area contributed by atoms with Gasteiger partial charge in [-0.15, -0.1) is 0 Å². The Labute approximate surface area is 130 Å². The van der Waals surface area contributed by atoms with Gasteiger partial charge in [-0.25, -0.2) is 4.39 Å². The average Bonchev–Trinajstić information content (AvgIpc) is 2.45. The van der Waals surface area contributed by atoms with E-state index in [2.05, 4.69) is 10.3 Å². The second-order valence-corrected chi connectivity index (χ2v) is 5.29. The molecule has 0 aliphatic rings. The van der Waals surface area contributed by atoms with Crippen molar-refractivity contribution in [1.82, 2.24) is 4.98 Å². The number of rotatable bonds is 2. The normalized spacial score (nSPS) is 10.8. The molecule has 0 fully saturated rings. The van der Waals surface area contributed by atoms with Crippen LogP contribution >= 0.6 is 23.2 Å². The highest BCUT2D eigenvalue weighted by Gasteiger charge is 2.11. The summed E-state index contributed by atoms with van der Waals surface area (Å²) in [5, 5.41) is 4.30. The molecule has 6 heteroatoms. The molecule has 0 radical (unpaired) electrons. The third-order valence-electron chi connectivity index (χ3n) is 3.07. The van der Waals surface area contributed by atoms with E-state index >= 15 is 0 Å². The average molecular weight is 322 g/mol. The number of anilines is 3. The number of aromatic nitrogens is 1. The number of fused-ring (bicyclic) bond motifs is 1. The third kappa shape index (κ3) is 2.60. The highest BCUT2D eigenvalue weighted by Crippen LogP contribution is 2.36. The minimum absolute atomic E-state index is 0.195. The third-order valence-corrected chi connectivity index (χ3v) is 3.67. The lowest BCUT2D eigenvalue weighted by Gasteiger charge is -2.13. The molecule has 2 aromatic carbocycles. The van der Waals surface area contributed by atoms with Crippen molar-refractivity contribution in [2.75, 3.05) is 11.1 Å². The molecule has 3 N–H and O–H groups in total. The SMILES string of the molecule is Nc1ccc(Nc2c(Cl)cc(F)cc2Cl)c2ncccc12. The van der Waals surface area contributed by atoms with Crippen molar-refractivity contribution in [2.24, 2.45) is 0 Å². The molecular weight excluding hydrogens is 312 g/mol. The maximum atomic E-state index is 13.2. The second-order valence-electron chi connectivity index (χ2n) is 4.47. The lowest BCUT2D eigenvalue weighted by atomic mass is 10.1. The quantitative estimate of drug-likeness (QED) is 0.652. The summed E-state index contributed by atoms with van der Waals surface area (Å²) in [4.78, 5) is 4.31. The van der Waals surface area contributed by atoms with Crippen LogP contribution in [0.25, 0.3) is 10.9 Å². The van der Waals surface area contributed by atoms with E-state index < -0.39 is 5.82 Å². The Hall–Kier alpha value is -2.04. The number of hydrogen-bond donors (Lipinski definition) is 2. The summed E-state index contributed by atoms with van der Waals surface area (Å²) in [6.45, 7) is 0. The number of nitrogens with one attached hydrogen (secondary N) is 1. The first-order valence-corrected chi connectivity index (χ1v) is 6.86. The van der Waals surface area contributed by atoms with Crippen molar-refractivity contribution in [3.05, 3.63) is 58.5 Å². The fourth-order valence-electron chi connectivity index (χ4n) is 2.09. The van der Waals surface area contributed by atoms with Crippen LogP contribution in [0, 0.1) is 5.82 Å². The smallest absolute Gasteiger partial charge is 0.126 e. The van der Waals surface area contributed by atoms with E-state index in [4.69, 9.17) is 28.9 Å². The van der Waals surface area contributed by atoms with Gasteiger partial charge in [-0.3, -0.25) is 4.98 Å². The zero-order valence-electron chi connectivity index (χ0n) is 10.7. The van der Waals surface area contributed by atoms with Gasteiger partial charge in [0.25, 0.3) is 0 Å². The van der Waals surface area contributed by atoms with Crippen molar-refractivity contribution in [3.63, 3.8) is 0 Å². The maximum Gasteiger partial charge on any atom is 0.126 e. The monoisotopic (exact) mass is 321 g/mol. The summed E-state index contributed by atoms with van der Waals surface area (Å²) >= 11 is 12.1. The number of halogens is 3. The minimum atomic E-state index is -0.490. The van der Waals surface area contributed by atoms with Crippen LogP contribution in [0.15, 0.2) is 42.6 Å². The van der Waals surface area contributed by atoms with Gasteiger partial charge in [-0.05, 0) is 36.4 Å². The fraction of sp³-hybridized carbons (Fsp3) is 0. The van der Waals surface area contributed by atoms with Gasteiger partial charge < -0.3 is 11.1 Å². The summed E-state index contributed by atoms with van der Waals surface area (Å²) in [6.07, 6.45) is 1.67. The largest absolute Gasteiger partial charge is 0.398 e. The molecule has 0 spiro atoms. The van der Waals surface area contributed by atoms with Gasteiger partial charge in [0.05, 0.1) is 26.9 Å². The molecule has 0 aliphatic heterocycles. The highest BCUT2D eigenvalue weighted by molar-refractivity contribution is 6.39. The minimum Gasteiger partial charge on any atom is -0.398 e. The predicted molar refractivity (Wildman–Crippen MR) is 85.9 cm³/mol. The summed E-state index contributed by atoms with van der Waals surface area (Å²) < 4.78 is 13.2. The number of nitrogen functional groups attached to an aromatic ring is 1. The molecule has 0 saturated carbocycles. The Balaban J connectivity index is 2.13. The van der Waals surface area contributed by atoms with Crippen molar-refractivity contribution in [3.8, 4) is 0 Å². The molecule has 0 unspecified atom stereocenters. The molecule has 21 heavy (non-hydrogen) atoms.